The molecular formula is C47H74O7Si2. The molecule has 1 saturated carbocycles. The number of benzene rings is 2. The summed E-state index contributed by atoms with van der Waals surface area (Å²) < 4.78 is 31.0. The van der Waals surface area contributed by atoms with E-state index in [9.17, 15) is 9.59 Å². The SMILES string of the molecule is C[C@@H]1C[C@H](O[Si](C)(C)C(C)(C)C)[C@H](C/C=C\CCCC(=O)OC(=O)C2COC(c3ccccc3)OC2)[C@H]1CC[C@H](CCc1ccccc1)O[Si](C)(C)C(C)(C)C. The van der Waals surface area contributed by atoms with Gasteiger partial charge in [-0.25, -0.2) is 0 Å². The lowest BCUT2D eigenvalue weighted by molar-refractivity contribution is -0.213. The molecule has 9 heteroatoms. The van der Waals surface area contributed by atoms with Gasteiger partial charge in [-0.3, -0.25) is 9.59 Å². The maximum absolute atomic E-state index is 12.7. The summed E-state index contributed by atoms with van der Waals surface area (Å²) in [5.41, 5.74) is 2.27. The summed E-state index contributed by atoms with van der Waals surface area (Å²) >= 11 is 0. The summed E-state index contributed by atoms with van der Waals surface area (Å²) in [7, 11) is -3.93. The highest BCUT2D eigenvalue weighted by atomic mass is 28.4. The Hall–Kier alpha value is -2.41. The number of rotatable bonds is 18. The Kier molecular flexibility index (Phi) is 17.0. The monoisotopic (exact) mass is 806 g/mol. The fraction of sp³-hybridized carbons (Fsp3) is 0.660. The van der Waals surface area contributed by atoms with Crippen molar-refractivity contribution in [1.82, 2.24) is 0 Å². The fourth-order valence-electron chi connectivity index (χ4n) is 7.56. The van der Waals surface area contributed by atoms with Gasteiger partial charge in [-0.2, -0.15) is 0 Å². The number of ether oxygens (including phenoxy) is 3. The van der Waals surface area contributed by atoms with Crippen molar-refractivity contribution in [2.75, 3.05) is 13.2 Å². The van der Waals surface area contributed by atoms with Gasteiger partial charge in [0.05, 0.1) is 13.2 Å². The van der Waals surface area contributed by atoms with Crippen LogP contribution in [0.1, 0.15) is 117 Å². The van der Waals surface area contributed by atoms with E-state index < -0.39 is 40.8 Å². The average molecular weight is 807 g/mol. The molecule has 0 unspecified atom stereocenters. The second-order valence-corrected chi connectivity index (χ2v) is 29.1. The first-order valence-electron chi connectivity index (χ1n) is 21.3. The van der Waals surface area contributed by atoms with E-state index in [2.05, 4.69) is 117 Å². The molecular weight excluding hydrogens is 733 g/mol. The highest BCUT2D eigenvalue weighted by Gasteiger charge is 2.47. The van der Waals surface area contributed by atoms with Crippen molar-refractivity contribution < 1.29 is 32.7 Å². The van der Waals surface area contributed by atoms with E-state index in [4.69, 9.17) is 23.1 Å². The van der Waals surface area contributed by atoms with Gasteiger partial charge in [0.1, 0.15) is 5.92 Å². The first kappa shape index (κ1) is 46.3. The number of carbonyl (C=O) groups excluding carboxylic acids is 2. The molecule has 4 rings (SSSR count). The zero-order valence-electron chi connectivity index (χ0n) is 36.6. The molecule has 0 aromatic heterocycles. The Morgan fingerprint density at radius 1 is 0.821 bits per heavy atom. The number of aryl methyl sites for hydroxylation is 1. The lowest BCUT2D eigenvalue weighted by atomic mass is 9.83. The predicted molar refractivity (Wildman–Crippen MR) is 232 cm³/mol. The van der Waals surface area contributed by atoms with Gasteiger partial charge in [-0.05, 0) is 111 Å². The molecule has 0 radical (unpaired) electrons. The van der Waals surface area contributed by atoms with Crippen LogP contribution in [-0.2, 0) is 39.1 Å². The Bertz CT molecular complexity index is 1520. The molecule has 312 valence electrons. The van der Waals surface area contributed by atoms with E-state index >= 15 is 0 Å². The van der Waals surface area contributed by atoms with Gasteiger partial charge in [0, 0.05) is 24.2 Å². The first-order chi connectivity index (χ1) is 26.3. The molecule has 5 atom stereocenters. The van der Waals surface area contributed by atoms with Crippen molar-refractivity contribution in [1.29, 1.82) is 0 Å². The van der Waals surface area contributed by atoms with Crippen LogP contribution in [0.2, 0.25) is 36.3 Å². The average Bonchev–Trinajstić information content (AvgIpc) is 3.42. The van der Waals surface area contributed by atoms with Gasteiger partial charge in [-0.1, -0.05) is 121 Å². The molecule has 0 N–H and O–H groups in total. The highest BCUT2D eigenvalue weighted by molar-refractivity contribution is 6.74. The number of unbranched alkanes of at least 4 members (excludes halogenated alkanes) is 1. The van der Waals surface area contributed by atoms with Gasteiger partial charge in [-0.15, -0.1) is 0 Å². The number of carbonyl (C=O) groups is 2. The van der Waals surface area contributed by atoms with Gasteiger partial charge >= 0.3 is 11.9 Å². The number of allylic oxidation sites excluding steroid dienone is 2. The molecule has 0 amide bonds. The Balaban J connectivity index is 1.33. The number of hydrogen-bond acceptors (Lipinski definition) is 7. The minimum Gasteiger partial charge on any atom is -0.414 e. The van der Waals surface area contributed by atoms with Crippen LogP contribution in [0, 0.1) is 23.7 Å². The molecule has 56 heavy (non-hydrogen) atoms. The second-order valence-electron chi connectivity index (χ2n) is 19.6. The van der Waals surface area contributed by atoms with Crippen LogP contribution in [0.4, 0.5) is 0 Å². The van der Waals surface area contributed by atoms with Crippen LogP contribution < -0.4 is 0 Å². The quantitative estimate of drug-likeness (QED) is 0.0488. The minimum absolute atomic E-state index is 0.145. The smallest absolute Gasteiger partial charge is 0.321 e. The molecule has 2 aromatic carbocycles. The summed E-state index contributed by atoms with van der Waals surface area (Å²) in [6.07, 6.45) is 12.4. The molecule has 1 aliphatic carbocycles. The van der Waals surface area contributed by atoms with Crippen LogP contribution in [0.5, 0.6) is 0 Å². The Morgan fingerprint density at radius 3 is 2.04 bits per heavy atom. The van der Waals surface area contributed by atoms with Crippen molar-refractivity contribution in [2.45, 2.75) is 161 Å². The van der Waals surface area contributed by atoms with E-state index in [0.717, 1.165) is 50.5 Å². The van der Waals surface area contributed by atoms with Crippen molar-refractivity contribution in [3.63, 3.8) is 0 Å². The summed E-state index contributed by atoms with van der Waals surface area (Å²) in [6, 6.07) is 20.4. The lowest BCUT2D eigenvalue weighted by Crippen LogP contribution is -2.45. The third kappa shape index (κ3) is 13.6. The highest BCUT2D eigenvalue weighted by Crippen LogP contribution is 2.48. The molecule has 0 bridgehead atoms. The van der Waals surface area contributed by atoms with E-state index in [1.165, 1.54) is 5.56 Å². The minimum atomic E-state index is -1.97. The molecule has 7 nitrogen and oxygen atoms in total. The van der Waals surface area contributed by atoms with Gasteiger partial charge < -0.3 is 23.1 Å². The molecule has 2 aromatic rings. The van der Waals surface area contributed by atoms with Crippen LogP contribution in [0.25, 0.3) is 0 Å². The van der Waals surface area contributed by atoms with Crippen molar-refractivity contribution >= 4 is 28.6 Å². The van der Waals surface area contributed by atoms with Crippen molar-refractivity contribution in [3.8, 4) is 0 Å². The van der Waals surface area contributed by atoms with E-state index in [1.807, 2.05) is 30.3 Å². The summed E-state index contributed by atoms with van der Waals surface area (Å²) in [6.45, 7) is 26.3. The van der Waals surface area contributed by atoms with Crippen LogP contribution in [0.15, 0.2) is 72.8 Å². The third-order valence-corrected chi connectivity index (χ3v) is 22.2. The van der Waals surface area contributed by atoms with Gasteiger partial charge in [0.2, 0.25) is 0 Å². The van der Waals surface area contributed by atoms with Crippen LogP contribution >= 0.6 is 0 Å². The lowest BCUT2D eigenvalue weighted by Gasteiger charge is -2.41. The maximum Gasteiger partial charge on any atom is 0.321 e. The summed E-state index contributed by atoms with van der Waals surface area (Å²) in [5.74, 6) is -0.136. The van der Waals surface area contributed by atoms with E-state index in [-0.39, 0.29) is 41.9 Å². The first-order valence-corrected chi connectivity index (χ1v) is 27.2. The molecule has 0 spiro atoms. The topological polar surface area (TPSA) is 80.3 Å². The van der Waals surface area contributed by atoms with Gasteiger partial charge in [0.25, 0.3) is 0 Å². The predicted octanol–water partition coefficient (Wildman–Crippen LogP) is 12.0. The summed E-state index contributed by atoms with van der Waals surface area (Å²) in [5, 5.41) is 0.304. The number of hydrogen-bond donors (Lipinski definition) is 0. The molecule has 2 fully saturated rings. The normalized spacial score (nSPS) is 24.3. The third-order valence-electron chi connectivity index (χ3n) is 13.1. The van der Waals surface area contributed by atoms with Crippen LogP contribution in [0.3, 0.4) is 0 Å². The maximum atomic E-state index is 12.7. The van der Waals surface area contributed by atoms with Gasteiger partial charge in [0.15, 0.2) is 22.9 Å². The largest absolute Gasteiger partial charge is 0.414 e. The van der Waals surface area contributed by atoms with E-state index in [0.29, 0.717) is 24.2 Å². The van der Waals surface area contributed by atoms with Crippen molar-refractivity contribution in [3.05, 3.63) is 83.9 Å². The zero-order valence-corrected chi connectivity index (χ0v) is 38.6. The van der Waals surface area contributed by atoms with E-state index in [1.54, 1.807) is 0 Å². The molecule has 1 saturated heterocycles. The van der Waals surface area contributed by atoms with Crippen LogP contribution in [-0.4, -0.2) is 54.0 Å². The molecule has 2 aliphatic rings. The zero-order chi connectivity index (χ0) is 41.1. The number of esters is 2. The van der Waals surface area contributed by atoms with Crippen molar-refractivity contribution in [2.24, 2.45) is 23.7 Å². The summed E-state index contributed by atoms with van der Waals surface area (Å²) in [4.78, 5) is 25.2. The fourth-order valence-corrected chi connectivity index (χ4v) is 10.4. The molecule has 1 heterocycles. The molecule has 1 aliphatic heterocycles. The Labute approximate surface area is 341 Å². The second kappa shape index (κ2) is 20.5. The Morgan fingerprint density at radius 2 is 1.43 bits per heavy atom. The standard InChI is InChI=1S/C47H74O7Si2/c1-35-32-42(54-56(10,11)47(5,6)7)41(40(35)31-30-39(53-55(8,9)46(2,3)4)29-28-36-22-16-14-17-23-36)26-20-12-13-21-27-43(48)52-44(49)38-33-50-45(51-34-38)37-24-18-15-19-25-37/h12,14-20,22-25,35,38-42,45H,13,21,26-34H2,1-11H3/b20-12-/t35-,38?,39+,40+,41-,42+,45?/m1/s1.